The highest BCUT2D eigenvalue weighted by Gasteiger charge is 2.72. The highest BCUT2D eigenvalue weighted by molar-refractivity contribution is 5.76. The quantitative estimate of drug-likeness (QED) is 0.424. The van der Waals surface area contributed by atoms with Crippen LogP contribution in [0.1, 0.15) is 106 Å². The van der Waals surface area contributed by atoms with Crippen LogP contribution in [0.3, 0.4) is 0 Å². The van der Waals surface area contributed by atoms with Crippen molar-refractivity contribution in [2.45, 2.75) is 112 Å². The third-order valence-corrected chi connectivity index (χ3v) is 13.9. The average molecular weight is 471 g/mol. The largest absolute Gasteiger partial charge is 0.481 e. The first kappa shape index (κ1) is 24.8. The smallest absolute Gasteiger partial charge is 0.309 e. The van der Waals surface area contributed by atoms with Crippen LogP contribution in [0.25, 0.3) is 0 Å². The van der Waals surface area contributed by atoms with Gasteiger partial charge in [0.2, 0.25) is 0 Å². The molecule has 34 heavy (non-hydrogen) atoms. The molecule has 0 radical (unpaired) electrons. The topological polar surface area (TPSA) is 57.5 Å². The zero-order valence-electron chi connectivity index (χ0n) is 22.7. The number of aliphatic hydroxyl groups is 1. The van der Waals surface area contributed by atoms with Gasteiger partial charge >= 0.3 is 5.97 Å². The second-order valence-corrected chi connectivity index (χ2v) is 14.8. The highest BCUT2D eigenvalue weighted by atomic mass is 16.4. The summed E-state index contributed by atoms with van der Waals surface area (Å²) in [5.74, 6) is 2.33. The fraction of sp³-hybridized carbons (Fsp3) is 0.903. The van der Waals surface area contributed by atoms with Crippen molar-refractivity contribution in [2.75, 3.05) is 0 Å². The SMILES string of the molecule is C=CC(C)[C@@H]1CC[C@]2(C(=O)O)CC[C@]3(C)C(CCC4[C@@]5(C)CC[C@H](O)C(C)(C)C5CC[C@]43C)C12. The van der Waals surface area contributed by atoms with E-state index in [0.717, 1.165) is 38.5 Å². The summed E-state index contributed by atoms with van der Waals surface area (Å²) in [7, 11) is 0. The number of hydrogen-bond acceptors (Lipinski definition) is 2. The Morgan fingerprint density at radius 3 is 2.24 bits per heavy atom. The molecule has 0 aromatic carbocycles. The summed E-state index contributed by atoms with van der Waals surface area (Å²) in [6, 6.07) is 0. The molecule has 0 heterocycles. The minimum Gasteiger partial charge on any atom is -0.481 e. The molecule has 5 fully saturated rings. The molecule has 192 valence electrons. The van der Waals surface area contributed by atoms with E-state index in [0.29, 0.717) is 29.6 Å². The Kier molecular flexibility index (Phi) is 5.55. The summed E-state index contributed by atoms with van der Waals surface area (Å²) in [6.45, 7) is 18.8. The van der Waals surface area contributed by atoms with Gasteiger partial charge in [0.05, 0.1) is 11.5 Å². The van der Waals surface area contributed by atoms with Crippen LogP contribution in [0.15, 0.2) is 12.7 Å². The van der Waals surface area contributed by atoms with Gasteiger partial charge in [0, 0.05) is 0 Å². The van der Waals surface area contributed by atoms with Crippen molar-refractivity contribution in [3.8, 4) is 0 Å². The van der Waals surface area contributed by atoms with E-state index in [9.17, 15) is 15.0 Å². The standard InChI is InChI=1S/C31H50O3/c1-8-19(2)20-11-16-31(26(33)34)18-17-29(6)21(25(20)31)9-10-23-28(5)14-13-24(32)27(3,4)22(28)12-15-30(23,29)7/h8,19-25,32H,1,9-18H2,2-7H3,(H,33,34)/t19?,20-,21?,22?,23?,24-,25?,28-,29+,30+,31-/m0/s1. The normalized spacial score (nSPS) is 54.7. The maximum Gasteiger partial charge on any atom is 0.309 e. The molecular formula is C31H50O3. The van der Waals surface area contributed by atoms with Gasteiger partial charge in [-0.1, -0.05) is 47.6 Å². The van der Waals surface area contributed by atoms with Crippen LogP contribution in [0.4, 0.5) is 0 Å². The van der Waals surface area contributed by atoms with Gasteiger partial charge in [0.25, 0.3) is 0 Å². The first-order chi connectivity index (χ1) is 15.8. The van der Waals surface area contributed by atoms with Gasteiger partial charge in [-0.25, -0.2) is 0 Å². The maximum atomic E-state index is 12.8. The molecule has 3 heteroatoms. The molecule has 5 aliphatic rings. The summed E-state index contributed by atoms with van der Waals surface area (Å²) >= 11 is 0. The van der Waals surface area contributed by atoms with E-state index in [1.54, 1.807) is 0 Å². The molecule has 3 nitrogen and oxygen atoms in total. The number of rotatable bonds is 3. The fourth-order valence-electron chi connectivity index (χ4n) is 11.8. The predicted molar refractivity (Wildman–Crippen MR) is 137 cm³/mol. The number of aliphatic hydroxyl groups excluding tert-OH is 1. The van der Waals surface area contributed by atoms with Gasteiger partial charge in [-0.3, -0.25) is 4.79 Å². The van der Waals surface area contributed by atoms with Gasteiger partial charge < -0.3 is 10.2 Å². The Bertz CT molecular complexity index is 863. The summed E-state index contributed by atoms with van der Waals surface area (Å²) in [5.41, 5.74) is 0.168. The molecule has 2 N–H and O–H groups in total. The Morgan fingerprint density at radius 1 is 0.882 bits per heavy atom. The number of aliphatic carboxylic acids is 1. The zero-order chi connectivity index (χ0) is 24.9. The van der Waals surface area contributed by atoms with E-state index < -0.39 is 11.4 Å². The second kappa shape index (κ2) is 7.59. The first-order valence-electron chi connectivity index (χ1n) is 14.3. The number of hydrogen-bond donors (Lipinski definition) is 2. The monoisotopic (exact) mass is 470 g/mol. The fourth-order valence-corrected chi connectivity index (χ4v) is 11.8. The molecular weight excluding hydrogens is 420 g/mol. The third-order valence-electron chi connectivity index (χ3n) is 13.9. The summed E-state index contributed by atoms with van der Waals surface area (Å²) in [6.07, 6.45) is 12.6. The van der Waals surface area contributed by atoms with Crippen LogP contribution in [-0.2, 0) is 4.79 Å². The van der Waals surface area contributed by atoms with Gasteiger partial charge in [-0.05, 0) is 121 Å². The van der Waals surface area contributed by atoms with Crippen LogP contribution in [0, 0.1) is 62.6 Å². The van der Waals surface area contributed by atoms with E-state index >= 15 is 0 Å². The Hall–Kier alpha value is -0.830. The maximum absolute atomic E-state index is 12.8. The lowest BCUT2D eigenvalue weighted by Gasteiger charge is -2.72. The van der Waals surface area contributed by atoms with E-state index in [-0.39, 0.29) is 33.7 Å². The van der Waals surface area contributed by atoms with Crippen molar-refractivity contribution in [3.63, 3.8) is 0 Å². The molecule has 0 aromatic heterocycles. The lowest BCUT2D eigenvalue weighted by molar-refractivity contribution is -0.249. The number of fused-ring (bicyclic) bond motifs is 7. The summed E-state index contributed by atoms with van der Waals surface area (Å²) in [5, 5.41) is 21.5. The molecule has 5 aliphatic carbocycles. The molecule has 0 amide bonds. The predicted octanol–water partition coefficient (Wildman–Crippen LogP) is 7.34. The zero-order valence-corrected chi connectivity index (χ0v) is 22.7. The Balaban J connectivity index is 1.56. The van der Waals surface area contributed by atoms with Crippen molar-refractivity contribution in [2.24, 2.45) is 62.6 Å². The number of carbonyl (C=O) groups is 1. The molecule has 0 saturated heterocycles. The van der Waals surface area contributed by atoms with Crippen LogP contribution < -0.4 is 0 Å². The minimum absolute atomic E-state index is 0.0208. The molecule has 0 spiro atoms. The van der Waals surface area contributed by atoms with Crippen molar-refractivity contribution in [1.82, 2.24) is 0 Å². The molecule has 5 rings (SSSR count). The van der Waals surface area contributed by atoms with Crippen molar-refractivity contribution < 1.29 is 15.0 Å². The molecule has 5 unspecified atom stereocenters. The summed E-state index contributed by atoms with van der Waals surface area (Å²) < 4.78 is 0. The van der Waals surface area contributed by atoms with E-state index in [1.807, 2.05) is 0 Å². The molecule has 0 bridgehead atoms. The van der Waals surface area contributed by atoms with Gasteiger partial charge in [-0.2, -0.15) is 0 Å². The van der Waals surface area contributed by atoms with Crippen LogP contribution in [-0.4, -0.2) is 22.3 Å². The van der Waals surface area contributed by atoms with E-state index in [1.165, 1.54) is 25.7 Å². The Labute approximate surface area is 208 Å². The molecule has 5 saturated carbocycles. The third kappa shape index (κ3) is 2.83. The lowest BCUT2D eigenvalue weighted by atomic mass is 9.32. The number of carboxylic acid groups (broad SMARTS) is 1. The van der Waals surface area contributed by atoms with E-state index in [2.05, 4.69) is 54.2 Å². The van der Waals surface area contributed by atoms with E-state index in [4.69, 9.17) is 0 Å². The Morgan fingerprint density at radius 2 is 1.59 bits per heavy atom. The van der Waals surface area contributed by atoms with Gasteiger partial charge in [0.15, 0.2) is 0 Å². The molecule has 0 aromatic rings. The van der Waals surface area contributed by atoms with Crippen LogP contribution in [0.5, 0.6) is 0 Å². The van der Waals surface area contributed by atoms with Crippen molar-refractivity contribution in [1.29, 1.82) is 0 Å². The second-order valence-electron chi connectivity index (χ2n) is 14.8. The van der Waals surface area contributed by atoms with Crippen molar-refractivity contribution >= 4 is 5.97 Å². The molecule has 11 atom stereocenters. The first-order valence-corrected chi connectivity index (χ1v) is 14.3. The van der Waals surface area contributed by atoms with Crippen LogP contribution in [0.2, 0.25) is 0 Å². The van der Waals surface area contributed by atoms with Gasteiger partial charge in [-0.15, -0.1) is 6.58 Å². The number of carboxylic acids is 1. The van der Waals surface area contributed by atoms with Crippen LogP contribution >= 0.6 is 0 Å². The lowest BCUT2D eigenvalue weighted by Crippen LogP contribution is -2.67. The molecule has 0 aliphatic heterocycles. The summed E-state index contributed by atoms with van der Waals surface area (Å²) in [4.78, 5) is 12.8. The number of allylic oxidation sites excluding steroid dienone is 1. The van der Waals surface area contributed by atoms with Gasteiger partial charge in [0.1, 0.15) is 0 Å². The highest BCUT2D eigenvalue weighted by Crippen LogP contribution is 2.77. The minimum atomic E-state index is -0.524. The van der Waals surface area contributed by atoms with Crippen molar-refractivity contribution in [3.05, 3.63) is 12.7 Å². The average Bonchev–Trinajstić information content (AvgIpc) is 3.18.